The van der Waals surface area contributed by atoms with Crippen LogP contribution in [0.4, 0.5) is 4.39 Å². The molecule has 0 heterocycles. The second-order valence-electron chi connectivity index (χ2n) is 4.93. The number of carbonyl (C=O) groups is 1. The molecule has 0 aliphatic heterocycles. The van der Waals surface area contributed by atoms with Gasteiger partial charge in [0.2, 0.25) is 0 Å². The maximum absolute atomic E-state index is 12.7. The van der Waals surface area contributed by atoms with Crippen molar-refractivity contribution in [1.82, 2.24) is 5.32 Å². The van der Waals surface area contributed by atoms with Crippen LogP contribution in [0.3, 0.4) is 0 Å². The van der Waals surface area contributed by atoms with Crippen molar-refractivity contribution < 1.29 is 14.3 Å². The standard InChI is InChI=1S/C15H22FNO2S/c1-3-17-15(2,14(18)19)10-4-5-11-20-13-8-6-12(16)7-9-13/h6-9,17H,3-5,10-11H2,1-2H3,(H,18,19). The number of halogens is 1. The third-order valence-corrected chi connectivity index (χ3v) is 4.29. The lowest BCUT2D eigenvalue weighted by molar-refractivity contribution is -0.144. The van der Waals surface area contributed by atoms with Gasteiger partial charge < -0.3 is 10.4 Å². The second-order valence-corrected chi connectivity index (χ2v) is 6.10. The lowest BCUT2D eigenvalue weighted by Crippen LogP contribution is -2.49. The van der Waals surface area contributed by atoms with Gasteiger partial charge in [-0.2, -0.15) is 0 Å². The van der Waals surface area contributed by atoms with E-state index >= 15 is 0 Å². The summed E-state index contributed by atoms with van der Waals surface area (Å²) in [5, 5.41) is 12.2. The van der Waals surface area contributed by atoms with Crippen molar-refractivity contribution in [3.8, 4) is 0 Å². The van der Waals surface area contributed by atoms with Crippen LogP contribution >= 0.6 is 11.8 Å². The monoisotopic (exact) mass is 299 g/mol. The van der Waals surface area contributed by atoms with Crippen molar-refractivity contribution in [3.05, 3.63) is 30.1 Å². The number of thioether (sulfide) groups is 1. The first-order valence-electron chi connectivity index (χ1n) is 6.85. The molecule has 1 aromatic rings. The number of carboxylic acid groups (broad SMARTS) is 1. The SMILES string of the molecule is CCNC(C)(CCCCSc1ccc(F)cc1)C(=O)O. The zero-order valence-electron chi connectivity index (χ0n) is 12.0. The number of hydrogen-bond donors (Lipinski definition) is 2. The molecule has 0 saturated heterocycles. The number of aliphatic carboxylic acids is 1. The van der Waals surface area contributed by atoms with Gasteiger partial charge in [-0.1, -0.05) is 13.3 Å². The van der Waals surface area contributed by atoms with E-state index in [0.717, 1.165) is 23.5 Å². The summed E-state index contributed by atoms with van der Waals surface area (Å²) in [5.74, 6) is -0.115. The van der Waals surface area contributed by atoms with Crippen molar-refractivity contribution >= 4 is 17.7 Å². The average Bonchev–Trinajstić information content (AvgIpc) is 2.40. The van der Waals surface area contributed by atoms with Gasteiger partial charge in [0.1, 0.15) is 11.4 Å². The third-order valence-electron chi connectivity index (χ3n) is 3.19. The molecule has 2 N–H and O–H groups in total. The van der Waals surface area contributed by atoms with Crippen LogP contribution in [0.15, 0.2) is 29.2 Å². The molecule has 1 aromatic carbocycles. The van der Waals surface area contributed by atoms with Crippen LogP contribution in [0.1, 0.15) is 33.1 Å². The van der Waals surface area contributed by atoms with Crippen molar-refractivity contribution in [2.24, 2.45) is 0 Å². The molecule has 1 atom stereocenters. The Hall–Kier alpha value is -1.07. The fourth-order valence-corrected chi connectivity index (χ4v) is 2.88. The quantitative estimate of drug-likeness (QED) is 0.541. The predicted octanol–water partition coefficient (Wildman–Crippen LogP) is 3.54. The topological polar surface area (TPSA) is 49.3 Å². The summed E-state index contributed by atoms with van der Waals surface area (Å²) in [7, 11) is 0. The maximum atomic E-state index is 12.7. The normalized spacial score (nSPS) is 13.9. The van der Waals surface area contributed by atoms with Gasteiger partial charge in [-0.25, -0.2) is 4.39 Å². The van der Waals surface area contributed by atoms with Gasteiger partial charge >= 0.3 is 5.97 Å². The van der Waals surface area contributed by atoms with Gasteiger partial charge in [-0.15, -0.1) is 11.8 Å². The predicted molar refractivity (Wildman–Crippen MR) is 80.7 cm³/mol. The van der Waals surface area contributed by atoms with Crippen LogP contribution in [0.5, 0.6) is 0 Å². The Morgan fingerprint density at radius 1 is 1.35 bits per heavy atom. The molecule has 112 valence electrons. The highest BCUT2D eigenvalue weighted by molar-refractivity contribution is 7.99. The molecule has 1 unspecified atom stereocenters. The van der Waals surface area contributed by atoms with Crippen LogP contribution in [0, 0.1) is 5.82 Å². The number of carboxylic acids is 1. The van der Waals surface area contributed by atoms with Gasteiger partial charge in [0.15, 0.2) is 0 Å². The number of rotatable bonds is 9. The van der Waals surface area contributed by atoms with Gasteiger partial charge in [-0.05, 0) is 56.3 Å². The van der Waals surface area contributed by atoms with E-state index in [9.17, 15) is 14.3 Å². The smallest absolute Gasteiger partial charge is 0.323 e. The molecule has 20 heavy (non-hydrogen) atoms. The fraction of sp³-hybridized carbons (Fsp3) is 0.533. The fourth-order valence-electron chi connectivity index (χ4n) is 1.96. The molecular weight excluding hydrogens is 277 g/mol. The largest absolute Gasteiger partial charge is 0.480 e. The van der Waals surface area contributed by atoms with E-state index in [1.54, 1.807) is 30.8 Å². The van der Waals surface area contributed by atoms with Gasteiger partial charge in [0, 0.05) is 4.90 Å². The van der Waals surface area contributed by atoms with Crippen LogP contribution in [0.2, 0.25) is 0 Å². The van der Waals surface area contributed by atoms with E-state index < -0.39 is 11.5 Å². The Morgan fingerprint density at radius 3 is 2.55 bits per heavy atom. The van der Waals surface area contributed by atoms with Crippen LogP contribution in [-0.4, -0.2) is 28.9 Å². The van der Waals surface area contributed by atoms with Crippen LogP contribution in [-0.2, 0) is 4.79 Å². The molecule has 0 radical (unpaired) electrons. The second kappa shape index (κ2) is 8.27. The average molecular weight is 299 g/mol. The number of unbranched alkanes of at least 4 members (excludes halogenated alkanes) is 1. The summed E-state index contributed by atoms with van der Waals surface area (Å²) in [5.41, 5.74) is -0.838. The van der Waals surface area contributed by atoms with Crippen molar-refractivity contribution in [1.29, 1.82) is 0 Å². The lowest BCUT2D eigenvalue weighted by atomic mass is 9.95. The molecule has 0 fully saturated rings. The molecular formula is C15H22FNO2S. The lowest BCUT2D eigenvalue weighted by Gasteiger charge is -2.25. The minimum absolute atomic E-state index is 0.225. The molecule has 0 amide bonds. The first-order valence-corrected chi connectivity index (χ1v) is 7.83. The summed E-state index contributed by atoms with van der Waals surface area (Å²) < 4.78 is 12.7. The highest BCUT2D eigenvalue weighted by Crippen LogP contribution is 2.21. The van der Waals surface area contributed by atoms with Crippen LogP contribution in [0.25, 0.3) is 0 Å². The zero-order chi connectivity index (χ0) is 15.0. The number of benzene rings is 1. The molecule has 0 saturated carbocycles. The minimum Gasteiger partial charge on any atom is -0.480 e. The maximum Gasteiger partial charge on any atom is 0.323 e. The van der Waals surface area contributed by atoms with Crippen LogP contribution < -0.4 is 5.32 Å². The Kier molecular flexibility index (Phi) is 7.02. The molecule has 0 aliphatic rings. The Labute approximate surface area is 124 Å². The third kappa shape index (κ3) is 5.51. The Balaban J connectivity index is 2.27. The highest BCUT2D eigenvalue weighted by Gasteiger charge is 2.30. The summed E-state index contributed by atoms with van der Waals surface area (Å²) in [6.45, 7) is 4.28. The van der Waals surface area contributed by atoms with E-state index in [1.165, 1.54) is 12.1 Å². The number of likely N-dealkylation sites (N-methyl/N-ethyl adjacent to an activating group) is 1. The highest BCUT2D eigenvalue weighted by atomic mass is 32.2. The summed E-state index contributed by atoms with van der Waals surface area (Å²) >= 11 is 1.67. The molecule has 0 aromatic heterocycles. The Morgan fingerprint density at radius 2 is 2.00 bits per heavy atom. The van der Waals surface area contributed by atoms with E-state index in [-0.39, 0.29) is 5.82 Å². The Bertz CT molecular complexity index is 424. The van der Waals surface area contributed by atoms with Gasteiger partial charge in [0.05, 0.1) is 0 Å². The molecule has 0 bridgehead atoms. The first-order chi connectivity index (χ1) is 9.48. The summed E-state index contributed by atoms with van der Waals surface area (Å²) in [4.78, 5) is 12.3. The zero-order valence-corrected chi connectivity index (χ0v) is 12.8. The summed E-state index contributed by atoms with van der Waals surface area (Å²) in [6, 6.07) is 6.43. The van der Waals surface area contributed by atoms with Crippen molar-refractivity contribution in [3.63, 3.8) is 0 Å². The number of nitrogens with one attached hydrogen (secondary N) is 1. The van der Waals surface area contributed by atoms with Gasteiger partial charge in [0.25, 0.3) is 0 Å². The first kappa shape index (κ1) is 17.0. The van der Waals surface area contributed by atoms with Gasteiger partial charge in [-0.3, -0.25) is 4.79 Å². The van der Waals surface area contributed by atoms with Crippen molar-refractivity contribution in [2.75, 3.05) is 12.3 Å². The van der Waals surface area contributed by atoms with Crippen molar-refractivity contribution in [2.45, 2.75) is 43.5 Å². The molecule has 0 spiro atoms. The van der Waals surface area contributed by atoms with E-state index in [0.29, 0.717) is 13.0 Å². The molecule has 5 heteroatoms. The summed E-state index contributed by atoms with van der Waals surface area (Å²) in [6.07, 6.45) is 2.40. The molecule has 3 nitrogen and oxygen atoms in total. The molecule has 0 aliphatic carbocycles. The number of hydrogen-bond acceptors (Lipinski definition) is 3. The van der Waals surface area contributed by atoms with E-state index in [2.05, 4.69) is 5.32 Å². The van der Waals surface area contributed by atoms with E-state index in [1.807, 2.05) is 6.92 Å². The minimum atomic E-state index is -0.838. The van der Waals surface area contributed by atoms with E-state index in [4.69, 9.17) is 0 Å². The molecule has 1 rings (SSSR count).